The largest absolute Gasteiger partial charge is 0.497 e. The molecule has 2 aromatic rings. The van der Waals surface area contributed by atoms with Gasteiger partial charge >= 0.3 is 0 Å². The maximum absolute atomic E-state index is 11.6. The molecule has 1 aromatic heterocycles. The van der Waals surface area contributed by atoms with Crippen LogP contribution in [-0.2, 0) is 11.3 Å². The number of carbonyl (C=O) groups is 1. The zero-order valence-electron chi connectivity index (χ0n) is 13.8. The predicted molar refractivity (Wildman–Crippen MR) is 96.2 cm³/mol. The molecule has 1 aromatic carbocycles. The zero-order chi connectivity index (χ0) is 16.9. The van der Waals surface area contributed by atoms with E-state index in [1.807, 2.05) is 29.2 Å². The fraction of sp³-hybridized carbons (Fsp3) is 0.333. The standard InChI is InChI=1S/C18H21N3O2S/c1-3-17(22)21-10-8-20(9-11-21)12-15-13-24-18(19-15)14-4-6-16(23-2)7-5-14/h3-7,13H,1,8-12H2,2H3. The van der Waals surface area contributed by atoms with Crippen molar-refractivity contribution in [2.75, 3.05) is 33.3 Å². The topological polar surface area (TPSA) is 45.7 Å². The van der Waals surface area contributed by atoms with Crippen molar-refractivity contribution >= 4 is 17.2 Å². The monoisotopic (exact) mass is 343 g/mol. The lowest BCUT2D eigenvalue weighted by Gasteiger charge is -2.33. The normalized spacial score (nSPS) is 15.3. The summed E-state index contributed by atoms with van der Waals surface area (Å²) in [7, 11) is 1.67. The molecular formula is C18H21N3O2S. The predicted octanol–water partition coefficient (Wildman–Crippen LogP) is 2.65. The van der Waals surface area contributed by atoms with E-state index in [1.54, 1.807) is 18.4 Å². The molecule has 0 aliphatic carbocycles. The summed E-state index contributed by atoms with van der Waals surface area (Å²) in [5.41, 5.74) is 2.18. The minimum absolute atomic E-state index is 0.0186. The number of amides is 1. The highest BCUT2D eigenvalue weighted by molar-refractivity contribution is 7.13. The lowest BCUT2D eigenvalue weighted by molar-refractivity contribution is -0.127. The third-order valence-corrected chi connectivity index (χ3v) is 5.07. The van der Waals surface area contributed by atoms with E-state index in [-0.39, 0.29) is 5.91 Å². The Bertz CT molecular complexity index is 703. The molecule has 3 rings (SSSR count). The smallest absolute Gasteiger partial charge is 0.246 e. The Balaban J connectivity index is 1.58. The molecule has 2 heterocycles. The van der Waals surface area contributed by atoms with E-state index in [4.69, 9.17) is 9.72 Å². The molecule has 6 heteroatoms. The van der Waals surface area contributed by atoms with Crippen molar-refractivity contribution in [3.63, 3.8) is 0 Å². The summed E-state index contributed by atoms with van der Waals surface area (Å²) >= 11 is 1.66. The van der Waals surface area contributed by atoms with E-state index >= 15 is 0 Å². The maximum atomic E-state index is 11.6. The summed E-state index contributed by atoms with van der Waals surface area (Å²) in [6.07, 6.45) is 1.39. The van der Waals surface area contributed by atoms with Gasteiger partial charge in [0, 0.05) is 43.7 Å². The van der Waals surface area contributed by atoms with Crippen molar-refractivity contribution in [2.24, 2.45) is 0 Å². The second-order valence-corrected chi connectivity index (χ2v) is 6.54. The van der Waals surface area contributed by atoms with Gasteiger partial charge in [-0.1, -0.05) is 6.58 Å². The van der Waals surface area contributed by atoms with Crippen LogP contribution in [0, 0.1) is 0 Å². The van der Waals surface area contributed by atoms with Crippen LogP contribution >= 0.6 is 11.3 Å². The van der Waals surface area contributed by atoms with Crippen LogP contribution in [0.5, 0.6) is 5.75 Å². The van der Waals surface area contributed by atoms with Crippen LogP contribution in [0.2, 0.25) is 0 Å². The lowest BCUT2D eigenvalue weighted by atomic mass is 10.2. The Labute approximate surface area is 146 Å². The molecule has 1 aliphatic heterocycles. The summed E-state index contributed by atoms with van der Waals surface area (Å²) in [6, 6.07) is 7.96. The molecule has 0 spiro atoms. The molecule has 0 atom stereocenters. The lowest BCUT2D eigenvalue weighted by Crippen LogP contribution is -2.47. The Morgan fingerprint density at radius 1 is 1.29 bits per heavy atom. The third-order valence-electron chi connectivity index (χ3n) is 4.13. The van der Waals surface area contributed by atoms with E-state index in [1.165, 1.54) is 6.08 Å². The summed E-state index contributed by atoms with van der Waals surface area (Å²) in [5.74, 6) is 0.868. The van der Waals surface area contributed by atoms with E-state index in [2.05, 4.69) is 16.9 Å². The SMILES string of the molecule is C=CC(=O)N1CCN(Cc2csc(-c3ccc(OC)cc3)n2)CC1. The maximum Gasteiger partial charge on any atom is 0.246 e. The van der Waals surface area contributed by atoms with Gasteiger partial charge in [-0.2, -0.15) is 0 Å². The molecule has 126 valence electrons. The van der Waals surface area contributed by atoms with Gasteiger partial charge in [-0.3, -0.25) is 9.69 Å². The van der Waals surface area contributed by atoms with Crippen LogP contribution in [-0.4, -0.2) is 54.0 Å². The highest BCUT2D eigenvalue weighted by Gasteiger charge is 2.20. The minimum atomic E-state index is 0.0186. The molecule has 0 bridgehead atoms. The summed E-state index contributed by atoms with van der Waals surface area (Å²) in [6.45, 7) is 7.61. The number of carbonyl (C=O) groups excluding carboxylic acids is 1. The molecular weight excluding hydrogens is 322 g/mol. The third kappa shape index (κ3) is 3.83. The van der Waals surface area contributed by atoms with Gasteiger partial charge in [0.2, 0.25) is 5.91 Å². The molecule has 24 heavy (non-hydrogen) atoms. The number of ether oxygens (including phenoxy) is 1. The Morgan fingerprint density at radius 2 is 2.00 bits per heavy atom. The number of methoxy groups -OCH3 is 1. The molecule has 1 fully saturated rings. The van der Waals surface area contributed by atoms with Crippen molar-refractivity contribution in [2.45, 2.75) is 6.54 Å². The van der Waals surface area contributed by atoms with Crippen LogP contribution in [0.4, 0.5) is 0 Å². The van der Waals surface area contributed by atoms with Gasteiger partial charge in [0.05, 0.1) is 12.8 Å². The first kappa shape index (κ1) is 16.7. The summed E-state index contributed by atoms with van der Waals surface area (Å²) in [5, 5.41) is 3.13. The van der Waals surface area contributed by atoms with Crippen molar-refractivity contribution in [1.29, 1.82) is 0 Å². The fourth-order valence-corrected chi connectivity index (χ4v) is 3.55. The fourth-order valence-electron chi connectivity index (χ4n) is 2.73. The molecule has 0 unspecified atom stereocenters. The van der Waals surface area contributed by atoms with Crippen LogP contribution in [0.15, 0.2) is 42.3 Å². The van der Waals surface area contributed by atoms with Gasteiger partial charge in [0.1, 0.15) is 10.8 Å². The number of nitrogens with zero attached hydrogens (tertiary/aromatic N) is 3. The Kier molecular flexibility index (Phi) is 5.27. The Morgan fingerprint density at radius 3 is 2.62 bits per heavy atom. The van der Waals surface area contributed by atoms with E-state index in [9.17, 15) is 4.79 Å². The van der Waals surface area contributed by atoms with Gasteiger partial charge in [0.15, 0.2) is 0 Å². The molecule has 1 aliphatic rings. The van der Waals surface area contributed by atoms with Crippen molar-refractivity contribution in [3.8, 4) is 16.3 Å². The molecule has 1 amide bonds. The zero-order valence-corrected chi connectivity index (χ0v) is 14.6. The van der Waals surface area contributed by atoms with Gasteiger partial charge in [-0.25, -0.2) is 4.98 Å². The first-order valence-electron chi connectivity index (χ1n) is 7.92. The molecule has 5 nitrogen and oxygen atoms in total. The number of thiazole rings is 1. The van der Waals surface area contributed by atoms with Crippen molar-refractivity contribution < 1.29 is 9.53 Å². The number of hydrogen-bond acceptors (Lipinski definition) is 5. The average molecular weight is 343 g/mol. The highest BCUT2D eigenvalue weighted by Crippen LogP contribution is 2.26. The molecule has 1 saturated heterocycles. The van der Waals surface area contributed by atoms with Crippen LogP contribution < -0.4 is 4.74 Å². The van der Waals surface area contributed by atoms with Gasteiger partial charge in [-0.05, 0) is 30.3 Å². The molecule has 0 radical (unpaired) electrons. The van der Waals surface area contributed by atoms with Crippen molar-refractivity contribution in [3.05, 3.63) is 48.0 Å². The van der Waals surface area contributed by atoms with Gasteiger partial charge in [0.25, 0.3) is 0 Å². The Hall–Kier alpha value is -2.18. The average Bonchev–Trinajstić information content (AvgIpc) is 3.10. The summed E-state index contributed by atoms with van der Waals surface area (Å²) < 4.78 is 5.19. The van der Waals surface area contributed by atoms with Crippen LogP contribution in [0.3, 0.4) is 0 Å². The van der Waals surface area contributed by atoms with Crippen molar-refractivity contribution in [1.82, 2.24) is 14.8 Å². The quantitative estimate of drug-likeness (QED) is 0.783. The number of hydrogen-bond donors (Lipinski definition) is 0. The minimum Gasteiger partial charge on any atom is -0.497 e. The molecule has 0 saturated carbocycles. The van der Waals surface area contributed by atoms with Crippen LogP contribution in [0.1, 0.15) is 5.69 Å². The molecule has 0 N–H and O–H groups in total. The number of piperazine rings is 1. The van der Waals surface area contributed by atoms with Gasteiger partial charge in [-0.15, -0.1) is 11.3 Å². The van der Waals surface area contributed by atoms with Crippen LogP contribution in [0.25, 0.3) is 10.6 Å². The number of rotatable bonds is 5. The second kappa shape index (κ2) is 7.59. The summed E-state index contributed by atoms with van der Waals surface area (Å²) in [4.78, 5) is 20.5. The van der Waals surface area contributed by atoms with E-state index in [0.717, 1.165) is 54.7 Å². The van der Waals surface area contributed by atoms with E-state index < -0.39 is 0 Å². The first-order valence-corrected chi connectivity index (χ1v) is 8.80. The second-order valence-electron chi connectivity index (χ2n) is 5.68. The van der Waals surface area contributed by atoms with Gasteiger partial charge < -0.3 is 9.64 Å². The first-order chi connectivity index (χ1) is 11.7. The van der Waals surface area contributed by atoms with E-state index in [0.29, 0.717) is 0 Å². The number of aromatic nitrogens is 1. The highest BCUT2D eigenvalue weighted by atomic mass is 32.1. The number of benzene rings is 1.